The van der Waals surface area contributed by atoms with Gasteiger partial charge in [-0.3, -0.25) is 4.98 Å². The van der Waals surface area contributed by atoms with Crippen LogP contribution in [0.2, 0.25) is 0 Å². The van der Waals surface area contributed by atoms with Gasteiger partial charge in [-0.05, 0) is 61.7 Å². The van der Waals surface area contributed by atoms with Crippen LogP contribution in [0.4, 0.5) is 0 Å². The van der Waals surface area contributed by atoms with Crippen LogP contribution in [0, 0.1) is 6.92 Å². The molecule has 3 rings (SSSR count). The van der Waals surface area contributed by atoms with Crippen LogP contribution in [-0.4, -0.2) is 17.6 Å². The van der Waals surface area contributed by atoms with Crippen LogP contribution >= 0.6 is 0 Å². The fourth-order valence-electron chi connectivity index (χ4n) is 2.46. The molecule has 1 atom stereocenters. The monoisotopic (exact) mass is 282 g/mol. The molecule has 3 heteroatoms. The molecule has 2 aromatic rings. The Hall–Kier alpha value is -1.87. The standard InChI is InChI=1S/C18H22N2O/c1-3-19-18(17-11-13(2)9-10-20-17)14-5-4-6-16(12-14)21-15-7-8-15/h4-6,9-12,15,18-19H,3,7-8H2,1-2H3. The molecule has 0 spiro atoms. The zero-order valence-electron chi connectivity index (χ0n) is 12.7. The molecule has 0 bridgehead atoms. The summed E-state index contributed by atoms with van der Waals surface area (Å²) in [5.41, 5.74) is 3.49. The maximum absolute atomic E-state index is 5.91. The molecule has 1 unspecified atom stereocenters. The maximum Gasteiger partial charge on any atom is 0.120 e. The second-order valence-electron chi connectivity index (χ2n) is 5.64. The van der Waals surface area contributed by atoms with E-state index in [4.69, 9.17) is 4.74 Å². The number of aromatic nitrogens is 1. The van der Waals surface area contributed by atoms with Crippen LogP contribution in [0.3, 0.4) is 0 Å². The third-order valence-corrected chi connectivity index (χ3v) is 3.66. The van der Waals surface area contributed by atoms with Crippen molar-refractivity contribution in [3.05, 3.63) is 59.4 Å². The number of nitrogens with zero attached hydrogens (tertiary/aromatic N) is 1. The molecule has 1 aromatic carbocycles. The average molecular weight is 282 g/mol. The van der Waals surface area contributed by atoms with E-state index in [-0.39, 0.29) is 6.04 Å². The van der Waals surface area contributed by atoms with Crippen LogP contribution in [0.25, 0.3) is 0 Å². The summed E-state index contributed by atoms with van der Waals surface area (Å²) in [6.07, 6.45) is 4.66. The Kier molecular flexibility index (Phi) is 4.20. The zero-order valence-corrected chi connectivity index (χ0v) is 12.7. The predicted octanol–water partition coefficient (Wildman–Crippen LogP) is 3.63. The molecule has 1 aliphatic rings. The second kappa shape index (κ2) is 6.27. The fraction of sp³-hybridized carbons (Fsp3) is 0.389. The summed E-state index contributed by atoms with van der Waals surface area (Å²) in [6.45, 7) is 5.11. The van der Waals surface area contributed by atoms with Crippen molar-refractivity contribution >= 4 is 0 Å². The van der Waals surface area contributed by atoms with Crippen molar-refractivity contribution in [3.63, 3.8) is 0 Å². The average Bonchev–Trinajstić information content (AvgIpc) is 3.29. The molecule has 0 saturated heterocycles. The molecule has 1 heterocycles. The molecule has 1 fully saturated rings. The molecule has 1 saturated carbocycles. The summed E-state index contributed by atoms with van der Waals surface area (Å²) in [6, 6.07) is 12.6. The Morgan fingerprint density at radius 1 is 1.29 bits per heavy atom. The highest BCUT2D eigenvalue weighted by Gasteiger charge is 2.24. The van der Waals surface area contributed by atoms with E-state index in [1.54, 1.807) is 0 Å². The quantitative estimate of drug-likeness (QED) is 0.878. The molecule has 1 N–H and O–H groups in total. The van der Waals surface area contributed by atoms with Gasteiger partial charge in [-0.25, -0.2) is 0 Å². The van der Waals surface area contributed by atoms with E-state index in [1.165, 1.54) is 24.0 Å². The molecule has 0 amide bonds. The van der Waals surface area contributed by atoms with E-state index in [0.29, 0.717) is 6.10 Å². The zero-order chi connectivity index (χ0) is 14.7. The number of benzene rings is 1. The van der Waals surface area contributed by atoms with E-state index >= 15 is 0 Å². The van der Waals surface area contributed by atoms with E-state index in [0.717, 1.165) is 18.0 Å². The topological polar surface area (TPSA) is 34.1 Å². The smallest absolute Gasteiger partial charge is 0.120 e. The summed E-state index contributed by atoms with van der Waals surface area (Å²) in [5.74, 6) is 0.963. The van der Waals surface area contributed by atoms with Gasteiger partial charge in [0.25, 0.3) is 0 Å². The molecule has 110 valence electrons. The van der Waals surface area contributed by atoms with Crippen molar-refractivity contribution in [1.29, 1.82) is 0 Å². The molecular weight excluding hydrogens is 260 g/mol. The number of aryl methyl sites for hydroxylation is 1. The molecular formula is C18H22N2O. The Morgan fingerprint density at radius 3 is 2.86 bits per heavy atom. The Balaban J connectivity index is 1.88. The minimum atomic E-state index is 0.109. The van der Waals surface area contributed by atoms with Gasteiger partial charge >= 0.3 is 0 Å². The van der Waals surface area contributed by atoms with Gasteiger partial charge in [-0.15, -0.1) is 0 Å². The first-order valence-electron chi connectivity index (χ1n) is 7.69. The van der Waals surface area contributed by atoms with Gasteiger partial charge in [-0.2, -0.15) is 0 Å². The number of hydrogen-bond donors (Lipinski definition) is 1. The molecule has 21 heavy (non-hydrogen) atoms. The normalized spacial score (nSPS) is 15.7. The lowest BCUT2D eigenvalue weighted by Crippen LogP contribution is -2.23. The third kappa shape index (κ3) is 3.61. The lowest BCUT2D eigenvalue weighted by atomic mass is 10.0. The van der Waals surface area contributed by atoms with Crippen molar-refractivity contribution < 1.29 is 4.74 Å². The lowest BCUT2D eigenvalue weighted by molar-refractivity contribution is 0.302. The van der Waals surface area contributed by atoms with Crippen molar-refractivity contribution in [2.24, 2.45) is 0 Å². The number of pyridine rings is 1. The highest BCUT2D eigenvalue weighted by atomic mass is 16.5. The Morgan fingerprint density at radius 2 is 2.14 bits per heavy atom. The van der Waals surface area contributed by atoms with Crippen molar-refractivity contribution in [2.75, 3.05) is 6.54 Å². The van der Waals surface area contributed by atoms with Crippen LogP contribution < -0.4 is 10.1 Å². The summed E-state index contributed by atoms with van der Waals surface area (Å²) in [5, 5.41) is 3.52. The number of rotatable bonds is 6. The molecule has 0 aliphatic heterocycles. The maximum atomic E-state index is 5.91. The number of hydrogen-bond acceptors (Lipinski definition) is 3. The summed E-state index contributed by atoms with van der Waals surface area (Å²) in [7, 11) is 0. The largest absolute Gasteiger partial charge is 0.490 e. The van der Waals surface area contributed by atoms with Gasteiger partial charge in [0.05, 0.1) is 17.8 Å². The molecule has 0 radical (unpaired) electrons. The summed E-state index contributed by atoms with van der Waals surface area (Å²) in [4.78, 5) is 4.53. The van der Waals surface area contributed by atoms with Crippen molar-refractivity contribution in [1.82, 2.24) is 10.3 Å². The first-order valence-corrected chi connectivity index (χ1v) is 7.69. The first-order chi connectivity index (χ1) is 10.3. The molecule has 1 aromatic heterocycles. The Bertz CT molecular complexity index is 608. The number of nitrogens with one attached hydrogen (secondary N) is 1. The van der Waals surface area contributed by atoms with Gasteiger partial charge in [0.15, 0.2) is 0 Å². The fourth-order valence-corrected chi connectivity index (χ4v) is 2.46. The highest BCUT2D eigenvalue weighted by Crippen LogP contribution is 2.29. The van der Waals surface area contributed by atoms with E-state index in [1.807, 2.05) is 18.3 Å². The van der Waals surface area contributed by atoms with E-state index < -0.39 is 0 Å². The van der Waals surface area contributed by atoms with Crippen LogP contribution in [0.1, 0.15) is 42.6 Å². The summed E-state index contributed by atoms with van der Waals surface area (Å²) < 4.78 is 5.91. The van der Waals surface area contributed by atoms with Crippen LogP contribution in [-0.2, 0) is 0 Å². The highest BCUT2D eigenvalue weighted by molar-refractivity contribution is 5.35. The SMILES string of the molecule is CCNC(c1cccc(OC2CC2)c1)c1cc(C)ccn1. The van der Waals surface area contributed by atoms with Gasteiger partial charge in [0.1, 0.15) is 5.75 Å². The van der Waals surface area contributed by atoms with Crippen LogP contribution in [0.15, 0.2) is 42.6 Å². The predicted molar refractivity (Wildman–Crippen MR) is 84.6 cm³/mol. The minimum Gasteiger partial charge on any atom is -0.490 e. The second-order valence-corrected chi connectivity index (χ2v) is 5.64. The van der Waals surface area contributed by atoms with Gasteiger partial charge < -0.3 is 10.1 Å². The van der Waals surface area contributed by atoms with E-state index in [2.05, 4.69) is 48.4 Å². The van der Waals surface area contributed by atoms with Gasteiger partial charge in [0.2, 0.25) is 0 Å². The lowest BCUT2D eigenvalue weighted by Gasteiger charge is -2.19. The molecule has 1 aliphatic carbocycles. The third-order valence-electron chi connectivity index (χ3n) is 3.66. The van der Waals surface area contributed by atoms with Crippen molar-refractivity contribution in [2.45, 2.75) is 38.8 Å². The molecule has 3 nitrogen and oxygen atoms in total. The van der Waals surface area contributed by atoms with Crippen LogP contribution in [0.5, 0.6) is 5.75 Å². The minimum absolute atomic E-state index is 0.109. The van der Waals surface area contributed by atoms with E-state index in [9.17, 15) is 0 Å². The Labute approximate surface area is 126 Å². The summed E-state index contributed by atoms with van der Waals surface area (Å²) >= 11 is 0. The van der Waals surface area contributed by atoms with Gasteiger partial charge in [-0.1, -0.05) is 19.1 Å². The van der Waals surface area contributed by atoms with Crippen molar-refractivity contribution in [3.8, 4) is 5.75 Å². The number of ether oxygens (including phenoxy) is 1. The first kappa shape index (κ1) is 14.1. The van der Waals surface area contributed by atoms with Gasteiger partial charge in [0, 0.05) is 6.20 Å².